The third kappa shape index (κ3) is 3.12. The zero-order valence-electron chi connectivity index (χ0n) is 16.4. The molecule has 0 spiro atoms. The molecule has 0 unspecified atom stereocenters. The quantitative estimate of drug-likeness (QED) is 0.867. The Labute approximate surface area is 165 Å². The Hall–Kier alpha value is -2.24. The maximum absolute atomic E-state index is 12.8. The van der Waals surface area contributed by atoms with Crippen LogP contribution in [-0.2, 0) is 9.59 Å². The van der Waals surface area contributed by atoms with Gasteiger partial charge < -0.3 is 19.7 Å². The van der Waals surface area contributed by atoms with E-state index in [1.54, 1.807) is 4.90 Å². The van der Waals surface area contributed by atoms with Crippen molar-refractivity contribution >= 4 is 17.5 Å². The van der Waals surface area contributed by atoms with Crippen molar-refractivity contribution in [3.8, 4) is 11.5 Å². The Morgan fingerprint density at radius 1 is 1.18 bits per heavy atom. The fourth-order valence-corrected chi connectivity index (χ4v) is 5.69. The molecule has 0 radical (unpaired) electrons. The van der Waals surface area contributed by atoms with Gasteiger partial charge in [-0.15, -0.1) is 0 Å². The smallest absolute Gasteiger partial charge is 0.227 e. The minimum absolute atomic E-state index is 0.00981. The van der Waals surface area contributed by atoms with E-state index in [0.717, 1.165) is 17.5 Å². The van der Waals surface area contributed by atoms with E-state index >= 15 is 0 Å². The predicted octanol–water partition coefficient (Wildman–Crippen LogP) is 2.75. The van der Waals surface area contributed by atoms with Crippen LogP contribution in [0.3, 0.4) is 0 Å². The van der Waals surface area contributed by atoms with Crippen LogP contribution in [0.5, 0.6) is 11.5 Å². The fourth-order valence-electron chi connectivity index (χ4n) is 5.69. The molecule has 2 bridgehead atoms. The van der Waals surface area contributed by atoms with Crippen molar-refractivity contribution in [1.82, 2.24) is 5.32 Å². The van der Waals surface area contributed by atoms with Crippen molar-refractivity contribution in [3.63, 3.8) is 0 Å². The molecule has 5 atom stereocenters. The number of benzene rings is 1. The first kappa shape index (κ1) is 17.8. The molecule has 4 aliphatic rings. The lowest BCUT2D eigenvalue weighted by molar-refractivity contribution is -0.127. The number of fused-ring (bicyclic) bond motifs is 3. The first-order valence-corrected chi connectivity index (χ1v) is 10.6. The van der Waals surface area contributed by atoms with E-state index in [1.807, 2.05) is 18.2 Å². The zero-order valence-corrected chi connectivity index (χ0v) is 16.4. The highest BCUT2D eigenvalue weighted by Crippen LogP contribution is 2.49. The van der Waals surface area contributed by atoms with Gasteiger partial charge in [0.25, 0.3) is 0 Å². The summed E-state index contributed by atoms with van der Waals surface area (Å²) in [5.41, 5.74) is 0.769. The van der Waals surface area contributed by atoms with Crippen molar-refractivity contribution in [1.29, 1.82) is 0 Å². The predicted molar refractivity (Wildman–Crippen MR) is 104 cm³/mol. The van der Waals surface area contributed by atoms with Gasteiger partial charge in [-0.2, -0.15) is 0 Å². The molecule has 2 amide bonds. The summed E-state index contributed by atoms with van der Waals surface area (Å²) in [6, 6.07) is 5.73. The number of carbonyl (C=O) groups is 2. The number of ether oxygens (including phenoxy) is 2. The largest absolute Gasteiger partial charge is 0.486 e. The molecule has 6 nitrogen and oxygen atoms in total. The summed E-state index contributed by atoms with van der Waals surface area (Å²) in [4.78, 5) is 27.1. The zero-order chi connectivity index (χ0) is 19.3. The van der Waals surface area contributed by atoms with Crippen LogP contribution < -0.4 is 19.7 Å². The molecule has 28 heavy (non-hydrogen) atoms. The van der Waals surface area contributed by atoms with Crippen molar-refractivity contribution in [2.45, 2.75) is 45.1 Å². The van der Waals surface area contributed by atoms with Crippen LogP contribution in [0.4, 0.5) is 5.69 Å². The number of carbonyl (C=O) groups excluding carboxylic acids is 2. The van der Waals surface area contributed by atoms with Gasteiger partial charge in [-0.05, 0) is 56.1 Å². The van der Waals surface area contributed by atoms with Gasteiger partial charge in [0, 0.05) is 30.8 Å². The van der Waals surface area contributed by atoms with Gasteiger partial charge in [-0.25, -0.2) is 0 Å². The summed E-state index contributed by atoms with van der Waals surface area (Å²) < 4.78 is 11.2. The van der Waals surface area contributed by atoms with E-state index in [9.17, 15) is 9.59 Å². The number of anilines is 1. The Morgan fingerprint density at radius 2 is 2.00 bits per heavy atom. The van der Waals surface area contributed by atoms with Crippen LogP contribution in [-0.4, -0.2) is 37.6 Å². The summed E-state index contributed by atoms with van der Waals surface area (Å²) in [6.07, 6.45) is 5.53. The van der Waals surface area contributed by atoms with Crippen LogP contribution in [0.1, 0.15) is 39.0 Å². The molecule has 6 heteroatoms. The number of hydrogen-bond acceptors (Lipinski definition) is 4. The summed E-state index contributed by atoms with van der Waals surface area (Å²) >= 11 is 0. The molecule has 1 aromatic rings. The molecule has 3 fully saturated rings. The molecule has 5 rings (SSSR count). The Morgan fingerprint density at radius 3 is 2.75 bits per heavy atom. The van der Waals surface area contributed by atoms with Crippen molar-refractivity contribution in [2.75, 3.05) is 24.7 Å². The van der Waals surface area contributed by atoms with Crippen LogP contribution in [0.2, 0.25) is 0 Å². The number of nitrogens with one attached hydrogen (secondary N) is 1. The second-order valence-corrected chi connectivity index (χ2v) is 8.87. The first-order valence-electron chi connectivity index (χ1n) is 10.6. The van der Waals surface area contributed by atoms with Gasteiger partial charge in [0.2, 0.25) is 11.8 Å². The second kappa shape index (κ2) is 6.98. The van der Waals surface area contributed by atoms with E-state index in [-0.39, 0.29) is 30.2 Å². The number of nitrogens with zero attached hydrogens (tertiary/aromatic N) is 1. The van der Waals surface area contributed by atoms with Crippen LogP contribution in [0.25, 0.3) is 0 Å². The normalized spacial score (nSPS) is 31.9. The highest BCUT2D eigenvalue weighted by atomic mass is 16.6. The van der Waals surface area contributed by atoms with Gasteiger partial charge in [0.15, 0.2) is 11.5 Å². The molecule has 1 N–H and O–H groups in total. The molecule has 1 saturated heterocycles. The van der Waals surface area contributed by atoms with Crippen molar-refractivity contribution in [2.24, 2.45) is 23.7 Å². The van der Waals surface area contributed by atoms with Gasteiger partial charge in [0.1, 0.15) is 13.2 Å². The number of rotatable bonds is 4. The van der Waals surface area contributed by atoms with E-state index < -0.39 is 0 Å². The lowest BCUT2D eigenvalue weighted by Crippen LogP contribution is -2.43. The van der Waals surface area contributed by atoms with E-state index in [4.69, 9.17) is 9.47 Å². The maximum atomic E-state index is 12.8. The maximum Gasteiger partial charge on any atom is 0.227 e. The summed E-state index contributed by atoms with van der Waals surface area (Å²) in [7, 11) is 0. The molecule has 2 heterocycles. The highest BCUT2D eigenvalue weighted by Gasteiger charge is 2.43. The van der Waals surface area contributed by atoms with E-state index in [0.29, 0.717) is 37.2 Å². The highest BCUT2D eigenvalue weighted by molar-refractivity contribution is 6.00. The topological polar surface area (TPSA) is 67.9 Å². The van der Waals surface area contributed by atoms with Gasteiger partial charge >= 0.3 is 0 Å². The van der Waals surface area contributed by atoms with E-state index in [1.165, 1.54) is 25.7 Å². The monoisotopic (exact) mass is 384 g/mol. The number of hydrogen-bond donors (Lipinski definition) is 1. The third-order valence-corrected chi connectivity index (χ3v) is 7.14. The average Bonchev–Trinajstić information content (AvgIpc) is 3.43. The lowest BCUT2D eigenvalue weighted by Gasteiger charge is -2.29. The standard InChI is InChI=1S/C22H28N2O4/c1-13(18-9-14-2-3-15(18)8-14)23-22(26)16-10-21(25)24(12-16)17-4-5-19-20(11-17)28-7-6-27-19/h4-5,11,13-16,18H,2-3,6-10,12H2,1H3,(H,23,26)/t13-,14-,15-,16+,18-/m0/s1. The minimum Gasteiger partial charge on any atom is -0.486 e. The SMILES string of the molecule is C[C@H](NC(=O)[C@@H]1CC(=O)N(c2ccc3c(c2)OCCO3)C1)[C@@H]1C[C@H]2CC[C@H]1C2. The second-order valence-electron chi connectivity index (χ2n) is 8.87. The van der Waals surface area contributed by atoms with E-state index in [2.05, 4.69) is 12.2 Å². The minimum atomic E-state index is -0.290. The molecule has 150 valence electrons. The Kier molecular flexibility index (Phi) is 4.44. The van der Waals surface area contributed by atoms with Crippen LogP contribution in [0.15, 0.2) is 18.2 Å². The number of amides is 2. The van der Waals surface area contributed by atoms with Crippen molar-refractivity contribution < 1.29 is 19.1 Å². The molecule has 2 saturated carbocycles. The summed E-state index contributed by atoms with van der Waals surface area (Å²) in [5.74, 6) is 3.33. The van der Waals surface area contributed by atoms with Gasteiger partial charge in [-0.1, -0.05) is 6.42 Å². The van der Waals surface area contributed by atoms with Gasteiger partial charge in [0.05, 0.1) is 5.92 Å². The Balaban J connectivity index is 1.23. The molecule has 1 aromatic carbocycles. The Bertz CT molecular complexity index is 795. The average molecular weight is 384 g/mol. The van der Waals surface area contributed by atoms with Crippen molar-refractivity contribution in [3.05, 3.63) is 18.2 Å². The van der Waals surface area contributed by atoms with Gasteiger partial charge in [-0.3, -0.25) is 9.59 Å². The van der Waals surface area contributed by atoms with Crippen LogP contribution >= 0.6 is 0 Å². The first-order chi connectivity index (χ1) is 13.6. The fraction of sp³-hybridized carbons (Fsp3) is 0.636. The van der Waals surface area contributed by atoms with Crippen LogP contribution in [0, 0.1) is 23.7 Å². The lowest BCUT2D eigenvalue weighted by atomic mass is 9.84. The molecule has 0 aromatic heterocycles. The summed E-state index contributed by atoms with van der Waals surface area (Å²) in [5, 5.41) is 3.23. The molecular weight excluding hydrogens is 356 g/mol. The molecule has 2 aliphatic heterocycles. The molecular formula is C22H28N2O4. The summed E-state index contributed by atoms with van der Waals surface area (Å²) in [6.45, 7) is 3.61. The third-order valence-electron chi connectivity index (χ3n) is 7.14. The molecule has 2 aliphatic carbocycles.